The molecule has 0 heterocycles. The number of allylic oxidation sites excluding steroid dienone is 1. The number of benzene rings is 2. The van der Waals surface area contributed by atoms with E-state index < -0.39 is 16.7 Å². The van der Waals surface area contributed by atoms with Gasteiger partial charge in [0.2, 0.25) is 0 Å². The Kier molecular flexibility index (Phi) is 4.46. The predicted octanol–water partition coefficient (Wildman–Crippen LogP) is 4.68. The van der Waals surface area contributed by atoms with E-state index in [2.05, 4.69) is 0 Å². The molecule has 2 aromatic rings. The molecule has 7 heteroatoms. The van der Waals surface area contributed by atoms with E-state index in [1.807, 2.05) is 6.07 Å². The standard InChI is InChI=1S/C16H9F3N2O2/c17-16(18,19)15-4-2-1-3-12(15)9-13(10-20)11-5-7-14(8-6-11)21(22)23/h1-9H/b13-9-. The number of halogens is 3. The highest BCUT2D eigenvalue weighted by Gasteiger charge is 2.32. The van der Waals surface area contributed by atoms with Gasteiger partial charge in [-0.25, -0.2) is 0 Å². The smallest absolute Gasteiger partial charge is 0.258 e. The van der Waals surface area contributed by atoms with Gasteiger partial charge in [-0.05, 0) is 35.4 Å². The molecule has 0 N–H and O–H groups in total. The summed E-state index contributed by atoms with van der Waals surface area (Å²) in [5.41, 5.74) is -0.877. The Morgan fingerprint density at radius 3 is 2.26 bits per heavy atom. The summed E-state index contributed by atoms with van der Waals surface area (Å²) in [6.45, 7) is 0. The normalized spacial score (nSPS) is 11.8. The van der Waals surface area contributed by atoms with E-state index in [1.54, 1.807) is 0 Å². The van der Waals surface area contributed by atoms with Gasteiger partial charge in [-0.15, -0.1) is 0 Å². The van der Waals surface area contributed by atoms with Gasteiger partial charge in [-0.3, -0.25) is 10.1 Å². The van der Waals surface area contributed by atoms with Crippen LogP contribution in [0.2, 0.25) is 0 Å². The first kappa shape index (κ1) is 16.2. The van der Waals surface area contributed by atoms with Gasteiger partial charge in [0.25, 0.3) is 5.69 Å². The molecule has 0 bridgehead atoms. The molecule has 0 unspecified atom stereocenters. The molecule has 2 aromatic carbocycles. The number of non-ortho nitro benzene ring substituents is 1. The summed E-state index contributed by atoms with van der Waals surface area (Å²) in [6, 6.07) is 11.7. The third kappa shape index (κ3) is 3.74. The molecular weight excluding hydrogens is 309 g/mol. The van der Waals surface area contributed by atoms with Crippen molar-refractivity contribution in [3.8, 4) is 6.07 Å². The molecule has 0 aliphatic carbocycles. The average Bonchev–Trinajstić information content (AvgIpc) is 2.52. The number of hydrogen-bond acceptors (Lipinski definition) is 3. The highest BCUT2D eigenvalue weighted by molar-refractivity contribution is 5.90. The van der Waals surface area contributed by atoms with Gasteiger partial charge >= 0.3 is 6.18 Å². The van der Waals surface area contributed by atoms with E-state index in [-0.39, 0.29) is 16.8 Å². The van der Waals surface area contributed by atoms with Gasteiger partial charge in [-0.2, -0.15) is 18.4 Å². The van der Waals surface area contributed by atoms with Crippen LogP contribution < -0.4 is 0 Å². The van der Waals surface area contributed by atoms with Crippen LogP contribution in [-0.2, 0) is 6.18 Å². The van der Waals surface area contributed by atoms with Crippen LogP contribution in [0.4, 0.5) is 18.9 Å². The van der Waals surface area contributed by atoms with Gasteiger partial charge in [0, 0.05) is 12.1 Å². The quantitative estimate of drug-likeness (QED) is 0.357. The van der Waals surface area contributed by atoms with Crippen molar-refractivity contribution >= 4 is 17.3 Å². The molecule has 0 aliphatic rings. The maximum Gasteiger partial charge on any atom is 0.416 e. The minimum absolute atomic E-state index is 0.0170. The van der Waals surface area contributed by atoms with Crippen LogP contribution in [0.15, 0.2) is 48.5 Å². The molecule has 0 spiro atoms. The molecular formula is C16H9F3N2O2. The Balaban J connectivity index is 2.48. The third-order valence-corrected chi connectivity index (χ3v) is 3.08. The van der Waals surface area contributed by atoms with Crippen molar-refractivity contribution in [2.75, 3.05) is 0 Å². The Morgan fingerprint density at radius 1 is 1.13 bits per heavy atom. The Hall–Kier alpha value is -3.14. The summed E-state index contributed by atoms with van der Waals surface area (Å²) < 4.78 is 38.9. The average molecular weight is 318 g/mol. The van der Waals surface area contributed by atoms with Crippen molar-refractivity contribution in [2.24, 2.45) is 0 Å². The summed E-state index contributed by atoms with van der Waals surface area (Å²) in [6.07, 6.45) is -3.42. The number of nitriles is 1. The first-order chi connectivity index (χ1) is 10.8. The van der Waals surface area contributed by atoms with Crippen LogP contribution in [0.5, 0.6) is 0 Å². The van der Waals surface area contributed by atoms with Crippen LogP contribution in [0.25, 0.3) is 11.6 Å². The summed E-state index contributed by atoms with van der Waals surface area (Å²) in [5, 5.41) is 19.8. The van der Waals surface area contributed by atoms with E-state index in [4.69, 9.17) is 0 Å². The fourth-order valence-corrected chi connectivity index (χ4v) is 1.98. The number of nitrogens with zero attached hydrogens (tertiary/aromatic N) is 2. The summed E-state index contributed by atoms with van der Waals surface area (Å²) in [7, 11) is 0. The largest absolute Gasteiger partial charge is 0.416 e. The van der Waals surface area contributed by atoms with Gasteiger partial charge in [0.1, 0.15) is 0 Å². The summed E-state index contributed by atoms with van der Waals surface area (Å²) in [5.74, 6) is 0. The molecule has 0 atom stereocenters. The third-order valence-electron chi connectivity index (χ3n) is 3.08. The van der Waals surface area contributed by atoms with Crippen molar-refractivity contribution in [2.45, 2.75) is 6.18 Å². The minimum Gasteiger partial charge on any atom is -0.258 e. The Morgan fingerprint density at radius 2 is 1.74 bits per heavy atom. The van der Waals surface area contributed by atoms with Crippen LogP contribution in [0.3, 0.4) is 0 Å². The molecule has 0 radical (unpaired) electrons. The topological polar surface area (TPSA) is 66.9 Å². The molecule has 2 rings (SSSR count). The van der Waals surface area contributed by atoms with Crippen LogP contribution in [0.1, 0.15) is 16.7 Å². The predicted molar refractivity (Wildman–Crippen MR) is 78.0 cm³/mol. The number of rotatable bonds is 3. The van der Waals surface area contributed by atoms with Crippen molar-refractivity contribution in [1.29, 1.82) is 5.26 Å². The van der Waals surface area contributed by atoms with E-state index in [9.17, 15) is 28.5 Å². The SMILES string of the molecule is N#C/C(=C/c1ccccc1C(F)(F)F)c1ccc([N+](=O)[O-])cc1. The molecule has 23 heavy (non-hydrogen) atoms. The first-order valence-corrected chi connectivity index (χ1v) is 6.36. The van der Waals surface area contributed by atoms with E-state index in [1.165, 1.54) is 42.5 Å². The number of nitro benzene ring substituents is 1. The lowest BCUT2D eigenvalue weighted by Crippen LogP contribution is -2.07. The van der Waals surface area contributed by atoms with E-state index in [0.717, 1.165) is 12.1 Å². The number of hydrogen-bond donors (Lipinski definition) is 0. The summed E-state index contributed by atoms with van der Waals surface area (Å²) in [4.78, 5) is 10.00. The van der Waals surface area contributed by atoms with Gasteiger partial charge < -0.3 is 0 Å². The van der Waals surface area contributed by atoms with Crippen molar-refractivity contribution in [1.82, 2.24) is 0 Å². The van der Waals surface area contributed by atoms with Gasteiger partial charge in [0.15, 0.2) is 0 Å². The molecule has 0 aliphatic heterocycles. The summed E-state index contributed by atoms with van der Waals surface area (Å²) >= 11 is 0. The lowest BCUT2D eigenvalue weighted by molar-refractivity contribution is -0.384. The van der Waals surface area contributed by atoms with Gasteiger partial charge in [0.05, 0.1) is 22.1 Å². The number of alkyl halides is 3. The molecule has 4 nitrogen and oxygen atoms in total. The lowest BCUT2D eigenvalue weighted by atomic mass is 10.0. The highest BCUT2D eigenvalue weighted by Crippen LogP contribution is 2.33. The second-order valence-corrected chi connectivity index (χ2v) is 4.56. The maximum atomic E-state index is 13.0. The monoisotopic (exact) mass is 318 g/mol. The molecule has 116 valence electrons. The second kappa shape index (κ2) is 6.32. The van der Waals surface area contributed by atoms with Crippen molar-refractivity contribution in [3.05, 3.63) is 75.3 Å². The zero-order valence-electron chi connectivity index (χ0n) is 11.5. The van der Waals surface area contributed by atoms with Gasteiger partial charge in [-0.1, -0.05) is 18.2 Å². The molecule has 0 aromatic heterocycles. The van der Waals surface area contributed by atoms with E-state index in [0.29, 0.717) is 5.56 Å². The molecule has 0 amide bonds. The second-order valence-electron chi connectivity index (χ2n) is 4.56. The first-order valence-electron chi connectivity index (χ1n) is 6.36. The van der Waals surface area contributed by atoms with Crippen LogP contribution in [0, 0.1) is 21.4 Å². The Bertz CT molecular complexity index is 803. The van der Waals surface area contributed by atoms with Crippen LogP contribution >= 0.6 is 0 Å². The molecule has 0 fully saturated rings. The fraction of sp³-hybridized carbons (Fsp3) is 0.0625. The highest BCUT2D eigenvalue weighted by atomic mass is 19.4. The molecule has 0 saturated heterocycles. The minimum atomic E-state index is -4.54. The van der Waals surface area contributed by atoms with Crippen molar-refractivity contribution in [3.63, 3.8) is 0 Å². The number of nitro groups is 1. The van der Waals surface area contributed by atoms with Crippen LogP contribution in [-0.4, -0.2) is 4.92 Å². The zero-order chi connectivity index (χ0) is 17.0. The zero-order valence-corrected chi connectivity index (χ0v) is 11.5. The van der Waals surface area contributed by atoms with Crippen molar-refractivity contribution < 1.29 is 18.1 Å². The lowest BCUT2D eigenvalue weighted by Gasteiger charge is -2.10. The Labute approximate surface area is 129 Å². The fourth-order valence-electron chi connectivity index (χ4n) is 1.98. The maximum absolute atomic E-state index is 13.0. The van der Waals surface area contributed by atoms with E-state index >= 15 is 0 Å². The molecule has 0 saturated carbocycles.